The van der Waals surface area contributed by atoms with Crippen LogP contribution in [-0.4, -0.2) is 21.9 Å². The maximum atomic E-state index is 8.30. The molecule has 0 fully saturated rings. The second kappa shape index (κ2) is 3.82. The Kier molecular flexibility index (Phi) is 3.02. The van der Waals surface area contributed by atoms with Gasteiger partial charge in [0.25, 0.3) is 0 Å². The molecule has 0 aromatic carbocycles. The van der Waals surface area contributed by atoms with Crippen LogP contribution in [0.2, 0.25) is 0 Å². The monoisotopic (exact) mass is 159 g/mol. The van der Waals surface area contributed by atoms with Gasteiger partial charge >= 0.3 is 0 Å². The van der Waals surface area contributed by atoms with Crippen LogP contribution < -0.4 is 0 Å². The fraction of sp³-hybridized carbons (Fsp3) is 0.714. The van der Waals surface area contributed by atoms with Crippen LogP contribution in [0.25, 0.3) is 0 Å². The van der Waals surface area contributed by atoms with Crippen LogP contribution in [0, 0.1) is 5.92 Å². The zero-order valence-electron chi connectivity index (χ0n) is 6.47. The third-order valence-corrected chi connectivity index (χ3v) is 1.79. The first-order chi connectivity index (χ1) is 5.18. The predicted octanol–water partition coefficient (Wildman–Crippen LogP) is 1.35. The van der Waals surface area contributed by atoms with Crippen molar-refractivity contribution in [3.05, 3.63) is 12.2 Å². The molecule has 1 rings (SSSR count). The normalized spacial score (nSPS) is 31.3. The van der Waals surface area contributed by atoms with Crippen molar-refractivity contribution in [1.82, 2.24) is 5.39 Å². The van der Waals surface area contributed by atoms with Gasteiger partial charge in [0.05, 0.1) is 5.39 Å². The van der Waals surface area contributed by atoms with Gasteiger partial charge < -0.3 is 0 Å². The van der Waals surface area contributed by atoms with E-state index in [1.807, 2.05) is 12.2 Å². The summed E-state index contributed by atoms with van der Waals surface area (Å²) in [6.45, 7) is 2.11. The molecule has 0 spiro atoms. The van der Waals surface area contributed by atoms with Gasteiger partial charge in [-0.15, -0.1) is 0 Å². The maximum Gasteiger partial charge on any atom is 0.102 e. The summed E-state index contributed by atoms with van der Waals surface area (Å²) in [6, 6.07) is 0. The van der Waals surface area contributed by atoms with Crippen molar-refractivity contribution in [1.29, 1.82) is 0 Å². The minimum atomic E-state index is -0.231. The van der Waals surface area contributed by atoms with Crippen molar-refractivity contribution in [3.63, 3.8) is 0 Å². The maximum absolute atomic E-state index is 8.30. The van der Waals surface area contributed by atoms with Crippen LogP contribution in [0.5, 0.6) is 0 Å². The highest BCUT2D eigenvalue weighted by Crippen LogP contribution is 2.18. The van der Waals surface area contributed by atoms with E-state index in [9.17, 15) is 0 Å². The summed E-state index contributed by atoms with van der Waals surface area (Å²) in [5.74, 6) is 0.570. The average Bonchev–Trinajstić information content (AvgIpc) is 1.93. The van der Waals surface area contributed by atoms with Crippen molar-refractivity contribution >= 4 is 0 Å². The van der Waals surface area contributed by atoms with E-state index in [4.69, 9.17) is 10.4 Å². The van der Waals surface area contributed by atoms with E-state index in [-0.39, 0.29) is 11.5 Å². The first-order valence-corrected chi connectivity index (χ1v) is 3.71. The van der Waals surface area contributed by atoms with Crippen LogP contribution in [0.15, 0.2) is 12.2 Å². The molecule has 4 heteroatoms. The van der Waals surface area contributed by atoms with E-state index in [1.54, 1.807) is 0 Å². The molecule has 0 amide bonds. The summed E-state index contributed by atoms with van der Waals surface area (Å²) in [5.41, 5.74) is 0. The van der Waals surface area contributed by atoms with E-state index in [0.29, 0.717) is 5.92 Å². The molecular weight excluding hydrogens is 146 g/mol. The Hall–Kier alpha value is -0.420. The van der Waals surface area contributed by atoms with Crippen molar-refractivity contribution in [2.24, 2.45) is 5.92 Å². The molecule has 0 saturated carbocycles. The highest BCUT2D eigenvalue weighted by molar-refractivity contribution is 4.97. The van der Waals surface area contributed by atoms with Gasteiger partial charge in [-0.1, -0.05) is 19.1 Å². The minimum absolute atomic E-state index is 0.193. The Labute approximate surface area is 65.6 Å². The highest BCUT2D eigenvalue weighted by atomic mass is 17.1. The third-order valence-electron chi connectivity index (χ3n) is 1.79. The first-order valence-electron chi connectivity index (χ1n) is 3.71. The first kappa shape index (κ1) is 8.67. The van der Waals surface area contributed by atoms with Crippen molar-refractivity contribution in [2.45, 2.75) is 25.9 Å². The number of hydrogen-bond donors (Lipinski definition) is 2. The molecule has 2 N–H and O–H groups in total. The molecule has 0 saturated heterocycles. The van der Waals surface area contributed by atoms with Crippen molar-refractivity contribution < 1.29 is 15.3 Å². The van der Waals surface area contributed by atoms with Crippen LogP contribution in [0.1, 0.15) is 19.8 Å². The van der Waals surface area contributed by atoms with Gasteiger partial charge in [0.2, 0.25) is 0 Å². The summed E-state index contributed by atoms with van der Waals surface area (Å²) in [5, 5.41) is 16.4. The lowest BCUT2D eigenvalue weighted by atomic mass is 9.96. The van der Waals surface area contributed by atoms with Crippen LogP contribution in [0.3, 0.4) is 0 Å². The largest absolute Gasteiger partial charge is 0.266 e. The Morgan fingerprint density at radius 3 is 2.55 bits per heavy atom. The van der Waals surface area contributed by atoms with Gasteiger partial charge in [-0.2, -0.15) is 0 Å². The van der Waals surface area contributed by atoms with Crippen molar-refractivity contribution in [3.8, 4) is 0 Å². The molecular formula is C7H13NO3. The van der Waals surface area contributed by atoms with Gasteiger partial charge in [0, 0.05) is 0 Å². The summed E-state index contributed by atoms with van der Waals surface area (Å²) in [4.78, 5) is 4.60. The summed E-state index contributed by atoms with van der Waals surface area (Å²) < 4.78 is 0. The SMILES string of the molecule is CC1C=CC(ON(O)O)CC1. The summed E-state index contributed by atoms with van der Waals surface area (Å²) in [6.07, 6.45) is 5.51. The van der Waals surface area contributed by atoms with Gasteiger partial charge in [-0.05, 0) is 18.8 Å². The van der Waals surface area contributed by atoms with E-state index < -0.39 is 0 Å². The van der Waals surface area contributed by atoms with E-state index >= 15 is 0 Å². The van der Waals surface area contributed by atoms with Crippen LogP contribution in [0.4, 0.5) is 0 Å². The predicted molar refractivity (Wildman–Crippen MR) is 37.8 cm³/mol. The molecule has 1 aliphatic rings. The standard InChI is InChI=1S/C7H13NO3/c1-6-2-4-7(5-3-6)11-8(9)10/h2,4,6-7,9-10H,3,5H2,1H3. The average molecular weight is 159 g/mol. The topological polar surface area (TPSA) is 52.9 Å². The molecule has 4 nitrogen and oxygen atoms in total. The third kappa shape index (κ3) is 2.98. The second-order valence-electron chi connectivity index (χ2n) is 2.84. The highest BCUT2D eigenvalue weighted by Gasteiger charge is 2.14. The lowest BCUT2D eigenvalue weighted by Crippen LogP contribution is -2.24. The quantitative estimate of drug-likeness (QED) is 0.471. The molecule has 2 atom stereocenters. The van der Waals surface area contributed by atoms with Crippen LogP contribution in [-0.2, 0) is 4.84 Å². The fourth-order valence-corrected chi connectivity index (χ4v) is 1.14. The molecule has 0 aromatic rings. The summed E-state index contributed by atoms with van der Waals surface area (Å²) >= 11 is 0. The molecule has 0 radical (unpaired) electrons. The Morgan fingerprint density at radius 1 is 1.36 bits per heavy atom. The minimum Gasteiger partial charge on any atom is -0.266 e. The van der Waals surface area contributed by atoms with Crippen molar-refractivity contribution in [2.75, 3.05) is 0 Å². The summed E-state index contributed by atoms with van der Waals surface area (Å²) in [7, 11) is 0. The van der Waals surface area contributed by atoms with E-state index in [0.717, 1.165) is 12.8 Å². The molecule has 0 aliphatic heterocycles. The van der Waals surface area contributed by atoms with E-state index in [2.05, 4.69) is 11.8 Å². The number of nitrogens with zero attached hydrogens (tertiary/aromatic N) is 1. The molecule has 0 heterocycles. The second-order valence-corrected chi connectivity index (χ2v) is 2.84. The zero-order chi connectivity index (χ0) is 8.27. The lowest BCUT2D eigenvalue weighted by molar-refractivity contribution is -0.501. The smallest absolute Gasteiger partial charge is 0.102 e. The fourth-order valence-electron chi connectivity index (χ4n) is 1.14. The van der Waals surface area contributed by atoms with Crippen LogP contribution >= 0.6 is 0 Å². The molecule has 64 valence electrons. The molecule has 11 heavy (non-hydrogen) atoms. The number of hydrogen-bond acceptors (Lipinski definition) is 4. The van der Waals surface area contributed by atoms with Gasteiger partial charge in [0.1, 0.15) is 6.10 Å². The Morgan fingerprint density at radius 2 is 2.09 bits per heavy atom. The Bertz CT molecular complexity index is 147. The van der Waals surface area contributed by atoms with Gasteiger partial charge in [0.15, 0.2) is 0 Å². The zero-order valence-corrected chi connectivity index (χ0v) is 6.47. The van der Waals surface area contributed by atoms with Gasteiger partial charge in [-0.3, -0.25) is 10.4 Å². The van der Waals surface area contributed by atoms with E-state index in [1.165, 1.54) is 0 Å². The Balaban J connectivity index is 2.32. The molecule has 0 bridgehead atoms. The molecule has 2 unspecified atom stereocenters. The van der Waals surface area contributed by atoms with Gasteiger partial charge in [-0.25, -0.2) is 4.84 Å². The molecule has 1 aliphatic carbocycles. The number of allylic oxidation sites excluding steroid dienone is 1. The molecule has 0 aromatic heterocycles. The lowest BCUT2D eigenvalue weighted by Gasteiger charge is -2.20. The number of rotatable bonds is 2.